The molecule has 0 saturated heterocycles. The van der Waals surface area contributed by atoms with Crippen LogP contribution < -0.4 is 5.32 Å². The van der Waals surface area contributed by atoms with Crippen molar-refractivity contribution in [1.82, 2.24) is 9.97 Å². The van der Waals surface area contributed by atoms with Gasteiger partial charge in [-0.05, 0) is 28.8 Å². The number of unbranched alkanes of at least 4 members (excludes halogenated alkanes) is 2. The van der Waals surface area contributed by atoms with E-state index in [0.717, 1.165) is 52.8 Å². The second kappa shape index (κ2) is 8.80. The zero-order valence-electron chi connectivity index (χ0n) is 14.5. The van der Waals surface area contributed by atoms with Gasteiger partial charge in [0.15, 0.2) is 5.76 Å². The summed E-state index contributed by atoms with van der Waals surface area (Å²) >= 11 is 3.63. The molecule has 1 aromatic carbocycles. The topological polar surface area (TPSA) is 77.2 Å². The highest BCUT2D eigenvalue weighted by atomic mass is 79.9. The van der Waals surface area contributed by atoms with Gasteiger partial charge in [-0.15, -0.1) is 0 Å². The molecule has 6 nitrogen and oxygen atoms in total. The van der Waals surface area contributed by atoms with E-state index >= 15 is 0 Å². The van der Waals surface area contributed by atoms with Crippen molar-refractivity contribution in [3.8, 4) is 11.3 Å². The van der Waals surface area contributed by atoms with E-state index in [0.29, 0.717) is 12.1 Å². The summed E-state index contributed by atoms with van der Waals surface area (Å²) in [5.41, 5.74) is 1.52. The summed E-state index contributed by atoms with van der Waals surface area (Å²) in [6, 6.07) is 9.88. The summed E-state index contributed by atoms with van der Waals surface area (Å²) in [4.78, 5) is 19.7. The maximum atomic E-state index is 11.1. The lowest BCUT2D eigenvalue weighted by Crippen LogP contribution is -2.05. The monoisotopic (exact) mass is 417 g/mol. The molecule has 0 radical (unpaired) electrons. The molecule has 3 aromatic rings. The van der Waals surface area contributed by atoms with Crippen LogP contribution in [0.3, 0.4) is 0 Å². The fourth-order valence-electron chi connectivity index (χ4n) is 2.69. The quantitative estimate of drug-likeness (QED) is 0.418. The predicted octanol–water partition coefficient (Wildman–Crippen LogP) is 4.80. The Balaban J connectivity index is 1.68. The zero-order valence-corrected chi connectivity index (χ0v) is 16.1. The number of carbonyl (C=O) groups excluding carboxylic acids is 1. The number of hydrogen-bond acceptors (Lipinski definition) is 6. The molecule has 3 rings (SSSR count). The standard InChI is InChI=1S/C19H20BrN3O3/c1-25-14(24)10-6-3-7-11-21-18-15-16(20)17(13-8-4-2-5-9-13)26-19(15)23-12-22-18/h2,4-5,8-9,12H,3,6-7,10-11H2,1H3,(H,21,22,23). The Morgan fingerprint density at radius 1 is 1.19 bits per heavy atom. The third kappa shape index (κ3) is 4.22. The smallest absolute Gasteiger partial charge is 0.305 e. The summed E-state index contributed by atoms with van der Waals surface area (Å²) in [6.45, 7) is 0.756. The van der Waals surface area contributed by atoms with E-state index in [1.165, 1.54) is 13.4 Å². The lowest BCUT2D eigenvalue weighted by molar-refractivity contribution is -0.140. The summed E-state index contributed by atoms with van der Waals surface area (Å²) in [6.07, 6.45) is 4.65. The molecule has 0 atom stereocenters. The predicted molar refractivity (Wildman–Crippen MR) is 104 cm³/mol. The molecule has 0 amide bonds. The lowest BCUT2D eigenvalue weighted by atomic mass is 10.1. The number of carbonyl (C=O) groups is 1. The van der Waals surface area contributed by atoms with E-state index in [1.54, 1.807) is 0 Å². The molecule has 2 aromatic heterocycles. The third-order valence-corrected chi connectivity index (χ3v) is 4.80. The van der Waals surface area contributed by atoms with E-state index in [9.17, 15) is 4.79 Å². The second-order valence-corrected chi connectivity index (χ2v) is 6.62. The van der Waals surface area contributed by atoms with Gasteiger partial charge in [0, 0.05) is 18.5 Å². The maximum absolute atomic E-state index is 11.1. The van der Waals surface area contributed by atoms with Crippen LogP contribution in [0.2, 0.25) is 0 Å². The van der Waals surface area contributed by atoms with E-state index in [-0.39, 0.29) is 5.97 Å². The number of halogens is 1. The fourth-order valence-corrected chi connectivity index (χ4v) is 3.36. The van der Waals surface area contributed by atoms with Crippen LogP contribution in [-0.2, 0) is 9.53 Å². The van der Waals surface area contributed by atoms with Gasteiger partial charge >= 0.3 is 5.97 Å². The summed E-state index contributed by atoms with van der Waals surface area (Å²) in [7, 11) is 1.41. The van der Waals surface area contributed by atoms with Gasteiger partial charge < -0.3 is 14.5 Å². The largest absolute Gasteiger partial charge is 0.469 e. The number of anilines is 1. The van der Waals surface area contributed by atoms with Gasteiger partial charge in [0.25, 0.3) is 0 Å². The van der Waals surface area contributed by atoms with Crippen molar-refractivity contribution in [1.29, 1.82) is 0 Å². The highest BCUT2D eigenvalue weighted by Gasteiger charge is 2.18. The second-order valence-electron chi connectivity index (χ2n) is 5.83. The Kier molecular flexibility index (Phi) is 6.22. The molecule has 7 heteroatoms. The number of nitrogens with one attached hydrogen (secondary N) is 1. The first-order chi connectivity index (χ1) is 12.7. The number of fused-ring (bicyclic) bond motifs is 1. The van der Waals surface area contributed by atoms with Crippen LogP contribution in [0.15, 0.2) is 45.5 Å². The number of hydrogen-bond donors (Lipinski definition) is 1. The molecule has 0 fully saturated rings. The minimum atomic E-state index is -0.161. The van der Waals surface area contributed by atoms with Crippen molar-refractivity contribution in [3.63, 3.8) is 0 Å². The number of esters is 1. The molecule has 0 bridgehead atoms. The van der Waals surface area contributed by atoms with Crippen molar-refractivity contribution in [3.05, 3.63) is 41.1 Å². The van der Waals surface area contributed by atoms with E-state index < -0.39 is 0 Å². The van der Waals surface area contributed by atoms with Crippen LogP contribution in [0.25, 0.3) is 22.4 Å². The van der Waals surface area contributed by atoms with Crippen molar-refractivity contribution in [2.45, 2.75) is 25.7 Å². The number of aromatic nitrogens is 2. The SMILES string of the molecule is COC(=O)CCCCCNc1ncnc2oc(-c3ccccc3)c(Br)c12. The summed E-state index contributed by atoms with van der Waals surface area (Å²) in [5, 5.41) is 4.17. The van der Waals surface area contributed by atoms with Gasteiger partial charge in [0.2, 0.25) is 5.71 Å². The Bertz CT molecular complexity index is 880. The first kappa shape index (κ1) is 18.4. The first-order valence-corrected chi connectivity index (χ1v) is 9.29. The number of ether oxygens (including phenoxy) is 1. The van der Waals surface area contributed by atoms with Crippen molar-refractivity contribution in [2.75, 3.05) is 19.0 Å². The Hall–Kier alpha value is -2.41. The number of furan rings is 1. The number of methoxy groups -OCH3 is 1. The van der Waals surface area contributed by atoms with Gasteiger partial charge in [-0.3, -0.25) is 4.79 Å². The molecule has 136 valence electrons. The Morgan fingerprint density at radius 2 is 2.00 bits per heavy atom. The number of rotatable bonds is 8. The van der Waals surface area contributed by atoms with Crippen LogP contribution in [0.1, 0.15) is 25.7 Å². The van der Waals surface area contributed by atoms with Gasteiger partial charge in [-0.1, -0.05) is 36.8 Å². The zero-order chi connectivity index (χ0) is 18.4. The highest BCUT2D eigenvalue weighted by Crippen LogP contribution is 2.39. The van der Waals surface area contributed by atoms with Gasteiger partial charge in [-0.25, -0.2) is 9.97 Å². The summed E-state index contributed by atoms with van der Waals surface area (Å²) in [5.74, 6) is 1.31. The Morgan fingerprint density at radius 3 is 2.77 bits per heavy atom. The van der Waals surface area contributed by atoms with E-state index in [4.69, 9.17) is 4.42 Å². The van der Waals surface area contributed by atoms with Crippen molar-refractivity contribution < 1.29 is 13.9 Å². The molecule has 0 spiro atoms. The van der Waals surface area contributed by atoms with E-state index in [2.05, 4.69) is 36.0 Å². The maximum Gasteiger partial charge on any atom is 0.305 e. The highest BCUT2D eigenvalue weighted by molar-refractivity contribution is 9.10. The molecule has 0 aliphatic rings. The molecule has 0 aliphatic heterocycles. The molecular formula is C19H20BrN3O3. The van der Waals surface area contributed by atoms with Crippen LogP contribution >= 0.6 is 15.9 Å². The molecule has 0 aliphatic carbocycles. The lowest BCUT2D eigenvalue weighted by Gasteiger charge is -2.06. The van der Waals surface area contributed by atoms with Gasteiger partial charge in [0.05, 0.1) is 17.0 Å². The molecular weight excluding hydrogens is 398 g/mol. The number of benzene rings is 1. The Labute approximate surface area is 160 Å². The third-order valence-electron chi connectivity index (χ3n) is 4.04. The van der Waals surface area contributed by atoms with Gasteiger partial charge in [0.1, 0.15) is 12.1 Å². The van der Waals surface area contributed by atoms with Crippen molar-refractivity contribution >= 4 is 38.8 Å². The molecule has 26 heavy (non-hydrogen) atoms. The van der Waals surface area contributed by atoms with Crippen molar-refractivity contribution in [2.24, 2.45) is 0 Å². The molecule has 1 N–H and O–H groups in total. The molecule has 2 heterocycles. The summed E-state index contributed by atoms with van der Waals surface area (Å²) < 4.78 is 11.4. The minimum absolute atomic E-state index is 0.161. The molecule has 0 unspecified atom stereocenters. The number of nitrogens with zero attached hydrogens (tertiary/aromatic N) is 2. The van der Waals surface area contributed by atoms with Crippen LogP contribution in [-0.4, -0.2) is 29.6 Å². The fraction of sp³-hybridized carbons (Fsp3) is 0.316. The average molecular weight is 418 g/mol. The normalized spacial score (nSPS) is 10.8. The van der Waals surface area contributed by atoms with Crippen LogP contribution in [0, 0.1) is 0 Å². The van der Waals surface area contributed by atoms with Crippen LogP contribution in [0.5, 0.6) is 0 Å². The first-order valence-electron chi connectivity index (χ1n) is 8.50. The van der Waals surface area contributed by atoms with Crippen LogP contribution in [0.4, 0.5) is 5.82 Å². The van der Waals surface area contributed by atoms with Gasteiger partial charge in [-0.2, -0.15) is 0 Å². The average Bonchev–Trinajstić information content (AvgIpc) is 3.02. The van der Waals surface area contributed by atoms with E-state index in [1.807, 2.05) is 30.3 Å². The molecule has 0 saturated carbocycles. The minimum Gasteiger partial charge on any atom is -0.469 e.